The molecule has 10 heteroatoms. The third kappa shape index (κ3) is 6.42. The number of ether oxygens (including phenoxy) is 2. The molecule has 2 aliphatic rings. The summed E-state index contributed by atoms with van der Waals surface area (Å²) in [5, 5.41) is 13.5. The standard InChI is InChI=1S/C23H34FN7O2/c1-3-18(19-5-4-10-25-19)28-23-30-21(26-14-15-8-11-33-12-9-15)29-22(31-23)27-16-6-7-20(32-2)17(24)13-16/h6-7,13,15,18-19,25H,3-5,8-12,14H2,1-2H3,(H3,26,27,28,29,30,31). The summed E-state index contributed by atoms with van der Waals surface area (Å²) in [4.78, 5) is 13.7. The summed E-state index contributed by atoms with van der Waals surface area (Å²) in [5.74, 6) is 1.59. The fraction of sp³-hybridized carbons (Fsp3) is 0.609. The van der Waals surface area contributed by atoms with E-state index in [2.05, 4.69) is 43.1 Å². The van der Waals surface area contributed by atoms with Crippen LogP contribution in [0.1, 0.15) is 39.0 Å². The molecule has 0 radical (unpaired) electrons. The predicted octanol–water partition coefficient (Wildman–Crippen LogP) is 3.54. The van der Waals surface area contributed by atoms with Gasteiger partial charge < -0.3 is 30.7 Å². The van der Waals surface area contributed by atoms with Crippen molar-refractivity contribution in [2.45, 2.75) is 51.1 Å². The zero-order valence-corrected chi connectivity index (χ0v) is 19.4. The second-order valence-corrected chi connectivity index (χ2v) is 8.58. The van der Waals surface area contributed by atoms with Crippen LogP contribution >= 0.6 is 0 Å². The highest BCUT2D eigenvalue weighted by molar-refractivity contribution is 5.57. The summed E-state index contributed by atoms with van der Waals surface area (Å²) in [6.45, 7) is 5.54. The van der Waals surface area contributed by atoms with Crippen molar-refractivity contribution in [1.82, 2.24) is 20.3 Å². The molecular weight excluding hydrogens is 425 g/mol. The van der Waals surface area contributed by atoms with Crippen LogP contribution in [-0.2, 0) is 4.74 Å². The van der Waals surface area contributed by atoms with E-state index in [1.165, 1.54) is 19.6 Å². The molecule has 3 heterocycles. The summed E-state index contributed by atoms with van der Waals surface area (Å²) in [7, 11) is 1.44. The Morgan fingerprint density at radius 3 is 2.64 bits per heavy atom. The highest BCUT2D eigenvalue weighted by atomic mass is 19.1. The molecule has 1 aromatic heterocycles. The maximum absolute atomic E-state index is 14.2. The van der Waals surface area contributed by atoms with Crippen LogP contribution in [0.3, 0.4) is 0 Å². The average Bonchev–Trinajstić information content (AvgIpc) is 3.37. The molecule has 1 aromatic carbocycles. The van der Waals surface area contributed by atoms with Crippen molar-refractivity contribution in [3.05, 3.63) is 24.0 Å². The Balaban J connectivity index is 1.52. The second-order valence-electron chi connectivity index (χ2n) is 8.58. The van der Waals surface area contributed by atoms with Crippen LogP contribution in [0.2, 0.25) is 0 Å². The zero-order valence-electron chi connectivity index (χ0n) is 19.4. The molecule has 0 aliphatic carbocycles. The molecule has 2 atom stereocenters. The molecule has 2 aliphatic heterocycles. The predicted molar refractivity (Wildman–Crippen MR) is 127 cm³/mol. The summed E-state index contributed by atoms with van der Waals surface area (Å²) < 4.78 is 24.6. The minimum absolute atomic E-state index is 0.187. The van der Waals surface area contributed by atoms with Crippen molar-refractivity contribution >= 4 is 23.5 Å². The molecule has 9 nitrogen and oxygen atoms in total. The third-order valence-electron chi connectivity index (χ3n) is 6.27. The third-order valence-corrected chi connectivity index (χ3v) is 6.27. The topological polar surface area (TPSA) is 105 Å². The van der Waals surface area contributed by atoms with Gasteiger partial charge in [0.05, 0.1) is 7.11 Å². The maximum Gasteiger partial charge on any atom is 0.233 e. The maximum atomic E-state index is 14.2. The second kappa shape index (κ2) is 11.4. The monoisotopic (exact) mass is 459 g/mol. The first-order valence-corrected chi connectivity index (χ1v) is 11.8. The Bertz CT molecular complexity index is 904. The van der Waals surface area contributed by atoms with Crippen molar-refractivity contribution in [1.29, 1.82) is 0 Å². The number of rotatable bonds is 10. The first kappa shape index (κ1) is 23.4. The number of benzene rings is 1. The highest BCUT2D eigenvalue weighted by Crippen LogP contribution is 2.24. The molecule has 33 heavy (non-hydrogen) atoms. The summed E-state index contributed by atoms with van der Waals surface area (Å²) >= 11 is 0. The molecule has 0 saturated carbocycles. The van der Waals surface area contributed by atoms with E-state index in [4.69, 9.17) is 9.47 Å². The van der Waals surface area contributed by atoms with Crippen LogP contribution in [0.15, 0.2) is 18.2 Å². The molecule has 0 amide bonds. The molecule has 2 saturated heterocycles. The Kier molecular flexibility index (Phi) is 8.11. The van der Waals surface area contributed by atoms with E-state index in [1.807, 2.05) is 0 Å². The van der Waals surface area contributed by atoms with Gasteiger partial charge in [-0.3, -0.25) is 0 Å². The van der Waals surface area contributed by atoms with Crippen molar-refractivity contribution in [2.24, 2.45) is 5.92 Å². The Morgan fingerprint density at radius 2 is 1.94 bits per heavy atom. The minimum atomic E-state index is -0.453. The highest BCUT2D eigenvalue weighted by Gasteiger charge is 2.24. The van der Waals surface area contributed by atoms with Gasteiger partial charge in [0.2, 0.25) is 17.8 Å². The number of hydrogen-bond donors (Lipinski definition) is 4. The van der Waals surface area contributed by atoms with E-state index in [0.717, 1.165) is 52.0 Å². The van der Waals surface area contributed by atoms with Crippen LogP contribution < -0.4 is 26.0 Å². The zero-order chi connectivity index (χ0) is 23.0. The number of halogens is 1. The van der Waals surface area contributed by atoms with Gasteiger partial charge >= 0.3 is 0 Å². The molecule has 4 N–H and O–H groups in total. The molecule has 0 spiro atoms. The van der Waals surface area contributed by atoms with Gasteiger partial charge in [0.1, 0.15) is 0 Å². The van der Waals surface area contributed by atoms with Gasteiger partial charge in [-0.25, -0.2) is 4.39 Å². The lowest BCUT2D eigenvalue weighted by Gasteiger charge is -2.24. The van der Waals surface area contributed by atoms with Crippen LogP contribution in [0.4, 0.5) is 27.9 Å². The Morgan fingerprint density at radius 1 is 1.15 bits per heavy atom. The summed E-state index contributed by atoms with van der Waals surface area (Å²) in [6, 6.07) is 5.26. The largest absolute Gasteiger partial charge is 0.494 e. The van der Waals surface area contributed by atoms with Gasteiger partial charge in [0.25, 0.3) is 0 Å². The molecule has 2 fully saturated rings. The van der Waals surface area contributed by atoms with Crippen molar-refractivity contribution in [2.75, 3.05) is 49.4 Å². The lowest BCUT2D eigenvalue weighted by atomic mass is 10.0. The van der Waals surface area contributed by atoms with Crippen LogP contribution in [0.25, 0.3) is 0 Å². The SMILES string of the molecule is CCC(Nc1nc(NCC2CCOCC2)nc(Nc2ccc(OC)c(F)c2)n1)C1CCCN1. The van der Waals surface area contributed by atoms with E-state index in [-0.39, 0.29) is 11.8 Å². The quantitative estimate of drug-likeness (QED) is 0.424. The summed E-state index contributed by atoms with van der Waals surface area (Å²) in [6.07, 6.45) is 5.28. The van der Waals surface area contributed by atoms with E-state index in [0.29, 0.717) is 35.5 Å². The number of hydrogen-bond acceptors (Lipinski definition) is 9. The van der Waals surface area contributed by atoms with Gasteiger partial charge in [-0.15, -0.1) is 0 Å². The van der Waals surface area contributed by atoms with Crippen LogP contribution in [0, 0.1) is 11.7 Å². The van der Waals surface area contributed by atoms with Gasteiger partial charge in [-0.2, -0.15) is 15.0 Å². The van der Waals surface area contributed by atoms with Crippen LogP contribution in [-0.4, -0.2) is 60.4 Å². The van der Waals surface area contributed by atoms with Gasteiger partial charge in [-0.1, -0.05) is 6.92 Å². The molecule has 2 aromatic rings. The molecule has 180 valence electrons. The Labute approximate surface area is 194 Å². The number of anilines is 4. The van der Waals surface area contributed by atoms with E-state index < -0.39 is 5.82 Å². The average molecular weight is 460 g/mol. The van der Waals surface area contributed by atoms with Gasteiger partial charge in [0.15, 0.2) is 11.6 Å². The number of aromatic nitrogens is 3. The van der Waals surface area contributed by atoms with Crippen molar-refractivity contribution in [3.63, 3.8) is 0 Å². The molecule has 4 rings (SSSR count). The number of nitrogens with one attached hydrogen (secondary N) is 4. The fourth-order valence-corrected chi connectivity index (χ4v) is 4.34. The van der Waals surface area contributed by atoms with E-state index in [9.17, 15) is 4.39 Å². The normalized spacial score (nSPS) is 19.8. The molecule has 0 bridgehead atoms. The first-order valence-electron chi connectivity index (χ1n) is 11.8. The van der Waals surface area contributed by atoms with Gasteiger partial charge in [-0.05, 0) is 56.7 Å². The van der Waals surface area contributed by atoms with Crippen molar-refractivity contribution in [3.8, 4) is 5.75 Å². The first-order chi connectivity index (χ1) is 16.1. The lowest BCUT2D eigenvalue weighted by Crippen LogP contribution is -2.40. The van der Waals surface area contributed by atoms with Crippen molar-refractivity contribution < 1.29 is 13.9 Å². The molecular formula is C23H34FN7O2. The summed E-state index contributed by atoms with van der Waals surface area (Å²) in [5.41, 5.74) is 0.533. The van der Waals surface area contributed by atoms with Crippen LogP contribution in [0.5, 0.6) is 5.75 Å². The smallest absolute Gasteiger partial charge is 0.233 e. The minimum Gasteiger partial charge on any atom is -0.494 e. The number of nitrogens with zero attached hydrogens (tertiary/aromatic N) is 3. The molecule has 2 unspecified atom stereocenters. The lowest BCUT2D eigenvalue weighted by molar-refractivity contribution is 0.0699. The van der Waals surface area contributed by atoms with Gasteiger partial charge in [0, 0.05) is 43.6 Å². The fourth-order valence-electron chi connectivity index (χ4n) is 4.34. The Hall–Kier alpha value is -2.72. The number of methoxy groups -OCH3 is 1. The van der Waals surface area contributed by atoms with E-state index >= 15 is 0 Å². The van der Waals surface area contributed by atoms with E-state index in [1.54, 1.807) is 12.1 Å².